The maximum absolute atomic E-state index is 12.0. The molecule has 2 N–H and O–H groups in total. The Labute approximate surface area is 211 Å². The summed E-state index contributed by atoms with van der Waals surface area (Å²) in [5, 5.41) is 19.3. The molecule has 2 rings (SSSR count). The highest BCUT2D eigenvalue weighted by molar-refractivity contribution is 7.71. The van der Waals surface area contributed by atoms with E-state index in [1.54, 1.807) is 0 Å². The van der Waals surface area contributed by atoms with E-state index in [0.717, 1.165) is 32.3 Å². The van der Waals surface area contributed by atoms with Crippen molar-refractivity contribution >= 4 is 41.9 Å². The normalized spacial score (nSPS) is 22.9. The number of rotatable bonds is 6. The fourth-order valence-electron chi connectivity index (χ4n) is 3.77. The van der Waals surface area contributed by atoms with Gasteiger partial charge in [0.2, 0.25) is 0 Å². The fourth-order valence-corrected chi connectivity index (χ4v) is 4.17. The number of carbonyl (C=O) groups excluding carboxylic acids is 4. The lowest BCUT2D eigenvalue weighted by Gasteiger charge is -2.45. The summed E-state index contributed by atoms with van der Waals surface area (Å²) < 4.78 is 28.1. The van der Waals surface area contributed by atoms with Crippen LogP contribution in [0.2, 0.25) is 0 Å². The van der Waals surface area contributed by atoms with E-state index in [9.17, 15) is 29.7 Å². The standard InChI is InChI=1S/C22H24N4O9S/c1-9-14(6-23)20(25)26(22(36)15(9)7-24)21-19(34-13(5)30)18(33-12(4)29)17(32-11(3)28)16(35-21)8-31-10(2)27/h16-19,21H,8,25H2,1-5H3/t16-,17+,18+,19-,21-/m0/s1. The molecular weight excluding hydrogens is 496 g/mol. The number of hydrogen-bond acceptors (Lipinski definition) is 13. The van der Waals surface area contributed by atoms with Crippen LogP contribution in [0, 0.1) is 34.2 Å². The smallest absolute Gasteiger partial charge is 0.303 e. The van der Waals surface area contributed by atoms with Crippen LogP contribution in [0.1, 0.15) is 50.6 Å². The molecule has 13 nitrogen and oxygen atoms in total. The van der Waals surface area contributed by atoms with Crippen molar-refractivity contribution in [3.63, 3.8) is 0 Å². The first-order valence-electron chi connectivity index (χ1n) is 10.5. The molecule has 1 aliphatic rings. The van der Waals surface area contributed by atoms with Crippen molar-refractivity contribution < 1.29 is 42.9 Å². The van der Waals surface area contributed by atoms with E-state index in [0.29, 0.717) is 0 Å². The van der Waals surface area contributed by atoms with Gasteiger partial charge in [-0.15, -0.1) is 0 Å². The SMILES string of the molecule is CC(=O)OC[C@@H]1O[C@H](n2c(N)c(C#N)c(C)c(C#N)c2=S)[C@@H](OC(C)=O)[C@H](OC(C)=O)[C@@H]1OC(C)=O. The third-order valence-electron chi connectivity index (χ3n) is 5.14. The lowest BCUT2D eigenvalue weighted by atomic mass is 9.96. The number of aromatic nitrogens is 1. The molecule has 192 valence electrons. The van der Waals surface area contributed by atoms with Crippen LogP contribution in [0.4, 0.5) is 5.82 Å². The minimum Gasteiger partial charge on any atom is -0.463 e. The second-order valence-electron chi connectivity index (χ2n) is 7.75. The number of ether oxygens (including phenoxy) is 5. The van der Waals surface area contributed by atoms with E-state index in [1.807, 2.05) is 12.1 Å². The van der Waals surface area contributed by atoms with E-state index in [1.165, 1.54) is 6.92 Å². The van der Waals surface area contributed by atoms with Crippen LogP contribution >= 0.6 is 12.2 Å². The molecule has 0 aliphatic carbocycles. The van der Waals surface area contributed by atoms with Crippen molar-refractivity contribution in [3.8, 4) is 12.1 Å². The molecule has 2 heterocycles. The molecule has 0 unspecified atom stereocenters. The average molecular weight is 521 g/mol. The van der Waals surface area contributed by atoms with Gasteiger partial charge in [0.15, 0.2) is 24.5 Å². The van der Waals surface area contributed by atoms with Crippen molar-refractivity contribution in [1.29, 1.82) is 10.5 Å². The number of anilines is 1. The molecular formula is C22H24N4O9S. The van der Waals surface area contributed by atoms with E-state index >= 15 is 0 Å². The van der Waals surface area contributed by atoms with Crippen LogP contribution in [0.15, 0.2) is 0 Å². The van der Waals surface area contributed by atoms with Gasteiger partial charge in [-0.3, -0.25) is 23.7 Å². The molecule has 0 bridgehead atoms. The minimum atomic E-state index is -1.51. The first-order valence-corrected chi connectivity index (χ1v) is 10.9. The molecule has 1 aliphatic heterocycles. The summed E-state index contributed by atoms with van der Waals surface area (Å²) in [6.07, 6.45) is -7.14. The van der Waals surface area contributed by atoms with Crippen molar-refractivity contribution in [2.75, 3.05) is 12.3 Å². The average Bonchev–Trinajstić information content (AvgIpc) is 2.75. The topological polar surface area (TPSA) is 193 Å². The zero-order chi connectivity index (χ0) is 27.3. The monoisotopic (exact) mass is 520 g/mol. The van der Waals surface area contributed by atoms with Gasteiger partial charge < -0.3 is 29.4 Å². The number of nitrogens with zero attached hydrogens (tertiary/aromatic N) is 3. The number of carbonyl (C=O) groups is 4. The zero-order valence-corrected chi connectivity index (χ0v) is 20.9. The highest BCUT2D eigenvalue weighted by Crippen LogP contribution is 2.37. The van der Waals surface area contributed by atoms with Crippen LogP contribution in [0.5, 0.6) is 0 Å². The van der Waals surface area contributed by atoms with Gasteiger partial charge in [0, 0.05) is 27.7 Å². The molecule has 36 heavy (non-hydrogen) atoms. The molecule has 1 saturated heterocycles. The first-order chi connectivity index (χ1) is 16.8. The molecule has 0 amide bonds. The van der Waals surface area contributed by atoms with Crippen LogP contribution < -0.4 is 5.73 Å². The molecule has 0 radical (unpaired) electrons. The number of nitrogen functional groups attached to an aromatic ring is 1. The molecule has 0 aromatic carbocycles. The summed E-state index contributed by atoms with van der Waals surface area (Å²) in [7, 11) is 0. The van der Waals surface area contributed by atoms with Crippen LogP contribution in [0.3, 0.4) is 0 Å². The predicted molar refractivity (Wildman–Crippen MR) is 121 cm³/mol. The lowest BCUT2D eigenvalue weighted by molar-refractivity contribution is -0.268. The predicted octanol–water partition coefficient (Wildman–Crippen LogP) is 1.11. The number of nitriles is 2. The molecule has 5 atom stereocenters. The Hall–Kier alpha value is -4.01. The largest absolute Gasteiger partial charge is 0.463 e. The lowest BCUT2D eigenvalue weighted by Crippen LogP contribution is -2.60. The fraction of sp³-hybridized carbons (Fsp3) is 0.500. The summed E-state index contributed by atoms with van der Waals surface area (Å²) in [5.41, 5.74) is 6.31. The Kier molecular flexibility index (Phi) is 9.11. The Balaban J connectivity index is 2.86. The van der Waals surface area contributed by atoms with Gasteiger partial charge in [0.1, 0.15) is 35.3 Å². The quantitative estimate of drug-likeness (QED) is 0.319. The van der Waals surface area contributed by atoms with Gasteiger partial charge in [-0.1, -0.05) is 12.2 Å². The van der Waals surface area contributed by atoms with Crippen molar-refractivity contribution in [1.82, 2.24) is 4.57 Å². The molecule has 1 fully saturated rings. The van der Waals surface area contributed by atoms with Crippen molar-refractivity contribution in [2.24, 2.45) is 0 Å². The molecule has 0 saturated carbocycles. The Bertz CT molecular complexity index is 1230. The molecule has 0 spiro atoms. The third-order valence-corrected chi connectivity index (χ3v) is 5.54. The number of hydrogen-bond donors (Lipinski definition) is 1. The van der Waals surface area contributed by atoms with Gasteiger partial charge in [-0.25, -0.2) is 0 Å². The third kappa shape index (κ3) is 5.97. The Morgan fingerprint density at radius 3 is 1.89 bits per heavy atom. The summed E-state index contributed by atoms with van der Waals surface area (Å²) in [4.78, 5) is 47.4. The van der Waals surface area contributed by atoms with Crippen LogP contribution in [-0.2, 0) is 42.9 Å². The van der Waals surface area contributed by atoms with Gasteiger partial charge >= 0.3 is 23.9 Å². The van der Waals surface area contributed by atoms with Crippen LogP contribution in [-0.4, -0.2) is 59.5 Å². The molecule has 1 aromatic heterocycles. The Morgan fingerprint density at radius 2 is 1.42 bits per heavy atom. The number of pyridine rings is 1. The van der Waals surface area contributed by atoms with Gasteiger partial charge in [-0.05, 0) is 12.5 Å². The van der Waals surface area contributed by atoms with Gasteiger partial charge in [-0.2, -0.15) is 10.5 Å². The van der Waals surface area contributed by atoms with E-state index in [4.69, 9.17) is 41.6 Å². The zero-order valence-electron chi connectivity index (χ0n) is 20.1. The summed E-state index contributed by atoms with van der Waals surface area (Å²) in [6.45, 7) is 5.40. The van der Waals surface area contributed by atoms with Crippen molar-refractivity contribution in [3.05, 3.63) is 21.3 Å². The molecule has 1 aromatic rings. The Morgan fingerprint density at radius 1 is 0.917 bits per heavy atom. The first kappa shape index (κ1) is 28.2. The second kappa shape index (κ2) is 11.6. The summed E-state index contributed by atoms with van der Waals surface area (Å²) >= 11 is 5.44. The highest BCUT2D eigenvalue weighted by Gasteiger charge is 2.53. The second-order valence-corrected chi connectivity index (χ2v) is 8.14. The van der Waals surface area contributed by atoms with E-state index in [-0.39, 0.29) is 27.1 Å². The molecule has 14 heteroatoms. The summed E-state index contributed by atoms with van der Waals surface area (Å²) in [6, 6.07) is 3.81. The maximum Gasteiger partial charge on any atom is 0.303 e. The highest BCUT2D eigenvalue weighted by atomic mass is 32.1. The van der Waals surface area contributed by atoms with Gasteiger partial charge in [0.25, 0.3) is 0 Å². The number of nitrogens with two attached hydrogens (primary N) is 1. The minimum absolute atomic E-state index is 0.0661. The van der Waals surface area contributed by atoms with E-state index < -0.39 is 61.1 Å². The van der Waals surface area contributed by atoms with Crippen LogP contribution in [0.25, 0.3) is 0 Å². The maximum atomic E-state index is 12.0. The number of esters is 4. The van der Waals surface area contributed by atoms with Crippen molar-refractivity contribution in [2.45, 2.75) is 65.3 Å². The summed E-state index contributed by atoms with van der Waals surface area (Å²) in [5.74, 6) is -3.35. The van der Waals surface area contributed by atoms with Gasteiger partial charge in [0.05, 0.1) is 11.1 Å². The van der Waals surface area contributed by atoms with E-state index in [2.05, 4.69) is 0 Å².